The highest BCUT2D eigenvalue weighted by Gasteiger charge is 2.14. The molecule has 0 aliphatic rings. The van der Waals surface area contributed by atoms with Crippen LogP contribution in [0.15, 0.2) is 77.4 Å². The third-order valence-corrected chi connectivity index (χ3v) is 8.09. The standard InChI is InChI=1S/C32H32FN3O6S/c1-21-6-11-28(33)23(15-21)17-25(37)16-22-7-9-26(10-8-22)42-27-12-13-34-30(19-27)29-18-24(20-35-29)32(39)36-43(3,40)14-4-5-31(38)41-2/h6-13,15,18-20,35H,4-5,14,16-17H2,1-3H3. The van der Waals surface area contributed by atoms with Crippen molar-refractivity contribution in [2.24, 2.45) is 4.36 Å². The Bertz CT molecular complexity index is 1760. The summed E-state index contributed by atoms with van der Waals surface area (Å²) in [6, 6.07) is 16.8. The molecule has 0 saturated heterocycles. The molecule has 43 heavy (non-hydrogen) atoms. The number of methoxy groups -OCH3 is 1. The van der Waals surface area contributed by atoms with Crippen molar-refractivity contribution in [3.8, 4) is 22.9 Å². The van der Waals surface area contributed by atoms with Crippen molar-refractivity contribution in [3.05, 3.63) is 101 Å². The number of nitrogens with zero attached hydrogens (tertiary/aromatic N) is 2. The first-order valence-corrected chi connectivity index (χ1v) is 15.6. The molecule has 2 aromatic heterocycles. The molecular formula is C32H32FN3O6S. The van der Waals surface area contributed by atoms with Gasteiger partial charge in [-0.3, -0.25) is 19.4 Å². The second kappa shape index (κ2) is 14.0. The number of aryl methyl sites for hydroxylation is 1. The maximum Gasteiger partial charge on any atom is 0.305 e. The van der Waals surface area contributed by atoms with Crippen molar-refractivity contribution in [3.63, 3.8) is 0 Å². The van der Waals surface area contributed by atoms with Gasteiger partial charge in [-0.15, -0.1) is 0 Å². The number of Topliss-reactive ketones (excluding diaryl/α,β-unsaturated/α-hetero) is 1. The first-order valence-electron chi connectivity index (χ1n) is 13.5. The van der Waals surface area contributed by atoms with Crippen LogP contribution in [0.4, 0.5) is 4.39 Å². The Morgan fingerprint density at radius 2 is 1.77 bits per heavy atom. The Labute approximate surface area is 249 Å². The van der Waals surface area contributed by atoms with Crippen molar-refractivity contribution in [1.82, 2.24) is 9.97 Å². The number of ketones is 1. The molecule has 0 radical (unpaired) electrons. The van der Waals surface area contributed by atoms with E-state index >= 15 is 0 Å². The molecule has 0 bridgehead atoms. The Morgan fingerprint density at radius 3 is 2.51 bits per heavy atom. The molecule has 9 nitrogen and oxygen atoms in total. The predicted octanol–water partition coefficient (Wildman–Crippen LogP) is 5.86. The fraction of sp³-hybridized carbons (Fsp3) is 0.250. The minimum atomic E-state index is -2.82. The van der Waals surface area contributed by atoms with Crippen molar-refractivity contribution < 1.29 is 32.5 Å². The van der Waals surface area contributed by atoms with Crippen LogP contribution in [0.25, 0.3) is 11.4 Å². The molecule has 224 valence electrons. The first-order chi connectivity index (χ1) is 20.5. The molecular weight excluding hydrogens is 573 g/mol. The molecule has 11 heteroatoms. The molecule has 1 N–H and O–H groups in total. The second-order valence-corrected chi connectivity index (χ2v) is 12.7. The molecule has 1 amide bonds. The van der Waals surface area contributed by atoms with E-state index in [1.807, 2.05) is 6.92 Å². The highest BCUT2D eigenvalue weighted by atomic mass is 32.2. The summed E-state index contributed by atoms with van der Waals surface area (Å²) in [5, 5.41) is 0. The fourth-order valence-corrected chi connectivity index (χ4v) is 5.53. The van der Waals surface area contributed by atoms with Crippen LogP contribution in [0.1, 0.15) is 39.9 Å². The van der Waals surface area contributed by atoms with Gasteiger partial charge in [0.25, 0.3) is 5.91 Å². The predicted molar refractivity (Wildman–Crippen MR) is 161 cm³/mol. The van der Waals surface area contributed by atoms with Gasteiger partial charge in [0, 0.05) is 49.7 Å². The zero-order valence-corrected chi connectivity index (χ0v) is 24.9. The van der Waals surface area contributed by atoms with Crippen molar-refractivity contribution in [2.75, 3.05) is 19.1 Å². The van der Waals surface area contributed by atoms with E-state index < -0.39 is 21.6 Å². The van der Waals surface area contributed by atoms with Gasteiger partial charge in [0.15, 0.2) is 0 Å². The number of amides is 1. The number of hydrogen-bond acceptors (Lipinski definition) is 7. The van der Waals surface area contributed by atoms with Crippen LogP contribution >= 0.6 is 0 Å². The smallest absolute Gasteiger partial charge is 0.305 e. The number of aromatic amines is 1. The summed E-state index contributed by atoms with van der Waals surface area (Å²) >= 11 is 0. The summed E-state index contributed by atoms with van der Waals surface area (Å²) in [6.07, 6.45) is 5.01. The molecule has 0 spiro atoms. The number of benzene rings is 2. The van der Waals surface area contributed by atoms with E-state index in [0.29, 0.717) is 34.9 Å². The zero-order chi connectivity index (χ0) is 31.0. The number of pyridine rings is 1. The van der Waals surface area contributed by atoms with E-state index in [2.05, 4.69) is 19.1 Å². The van der Waals surface area contributed by atoms with Crippen molar-refractivity contribution in [1.29, 1.82) is 0 Å². The normalized spacial score (nSPS) is 12.3. The second-order valence-electron chi connectivity index (χ2n) is 10.2. The molecule has 1 unspecified atom stereocenters. The van der Waals surface area contributed by atoms with Gasteiger partial charge in [0.05, 0.1) is 33.8 Å². The number of carbonyl (C=O) groups is 3. The minimum absolute atomic E-state index is 0.0279. The van der Waals surface area contributed by atoms with Crippen LogP contribution < -0.4 is 4.74 Å². The molecule has 0 saturated carbocycles. The van der Waals surface area contributed by atoms with Crippen LogP contribution in [0.5, 0.6) is 11.5 Å². The topological polar surface area (TPSA) is 128 Å². The van der Waals surface area contributed by atoms with Gasteiger partial charge >= 0.3 is 5.97 Å². The van der Waals surface area contributed by atoms with Gasteiger partial charge in [-0.1, -0.05) is 29.8 Å². The molecule has 4 rings (SSSR count). The summed E-state index contributed by atoms with van der Waals surface area (Å²) in [6.45, 7) is 1.86. The number of halogens is 1. The molecule has 0 fully saturated rings. The third-order valence-electron chi connectivity index (χ3n) is 6.49. The number of aromatic nitrogens is 2. The number of hydrogen-bond donors (Lipinski definition) is 1. The summed E-state index contributed by atoms with van der Waals surface area (Å²) in [4.78, 5) is 43.8. The van der Waals surface area contributed by atoms with Gasteiger partial charge in [-0.05, 0) is 54.8 Å². The number of rotatable bonds is 12. The van der Waals surface area contributed by atoms with E-state index in [1.54, 1.807) is 60.8 Å². The quantitative estimate of drug-likeness (QED) is 0.200. The Balaban J connectivity index is 1.36. The lowest BCUT2D eigenvalue weighted by Gasteiger charge is -2.08. The third kappa shape index (κ3) is 9.17. The number of H-pyrrole nitrogens is 1. The highest BCUT2D eigenvalue weighted by Crippen LogP contribution is 2.26. The summed E-state index contributed by atoms with van der Waals surface area (Å²) in [7, 11) is -1.54. The zero-order valence-electron chi connectivity index (χ0n) is 24.1. The van der Waals surface area contributed by atoms with Crippen molar-refractivity contribution >= 4 is 27.4 Å². The highest BCUT2D eigenvalue weighted by molar-refractivity contribution is 7.93. The number of ether oxygens (including phenoxy) is 2. The average Bonchev–Trinajstić information content (AvgIpc) is 3.47. The maximum atomic E-state index is 14.0. The van der Waals surface area contributed by atoms with Crippen LogP contribution in [-0.4, -0.2) is 51.0 Å². The molecule has 1 atom stereocenters. The number of nitrogens with one attached hydrogen (secondary N) is 1. The largest absolute Gasteiger partial charge is 0.469 e. The van der Waals surface area contributed by atoms with Crippen LogP contribution in [-0.2, 0) is 36.9 Å². The number of esters is 1. The Morgan fingerprint density at radius 1 is 1.00 bits per heavy atom. The lowest BCUT2D eigenvalue weighted by atomic mass is 10.0. The van der Waals surface area contributed by atoms with Gasteiger partial charge < -0.3 is 14.5 Å². The Hall–Kier alpha value is -4.64. The lowest BCUT2D eigenvalue weighted by Crippen LogP contribution is -2.09. The molecule has 0 aliphatic heterocycles. The average molecular weight is 606 g/mol. The van der Waals surface area contributed by atoms with E-state index in [4.69, 9.17) is 4.74 Å². The van der Waals surface area contributed by atoms with E-state index in [9.17, 15) is 23.0 Å². The fourth-order valence-electron chi connectivity index (χ4n) is 4.30. The summed E-state index contributed by atoms with van der Waals surface area (Å²) < 4.78 is 41.1. The van der Waals surface area contributed by atoms with Crippen molar-refractivity contribution in [2.45, 2.75) is 32.6 Å². The first kappa shape index (κ1) is 31.3. The van der Waals surface area contributed by atoms with Gasteiger partial charge in [-0.25, -0.2) is 8.60 Å². The van der Waals surface area contributed by atoms with Gasteiger partial charge in [-0.2, -0.15) is 4.36 Å². The molecule has 4 aromatic rings. The molecule has 2 aromatic carbocycles. The lowest BCUT2D eigenvalue weighted by molar-refractivity contribution is -0.140. The molecule has 0 aliphatic carbocycles. The maximum absolute atomic E-state index is 14.0. The van der Waals surface area contributed by atoms with E-state index in [0.717, 1.165) is 11.1 Å². The Kier molecular flexibility index (Phi) is 10.2. The number of carbonyl (C=O) groups excluding carboxylic acids is 3. The summed E-state index contributed by atoms with van der Waals surface area (Å²) in [5.74, 6) is -0.380. The van der Waals surface area contributed by atoms with Gasteiger partial charge in [0.1, 0.15) is 23.1 Å². The van der Waals surface area contributed by atoms with Crippen LogP contribution in [0, 0.1) is 12.7 Å². The van der Waals surface area contributed by atoms with Gasteiger partial charge in [0.2, 0.25) is 0 Å². The monoisotopic (exact) mass is 605 g/mol. The van der Waals surface area contributed by atoms with E-state index in [1.165, 1.54) is 25.6 Å². The summed E-state index contributed by atoms with van der Waals surface area (Å²) in [5.41, 5.74) is 3.35. The van der Waals surface area contributed by atoms with Crippen LogP contribution in [0.3, 0.4) is 0 Å². The van der Waals surface area contributed by atoms with Crippen LogP contribution in [0.2, 0.25) is 0 Å². The molecule has 2 heterocycles. The van der Waals surface area contributed by atoms with E-state index in [-0.39, 0.29) is 42.2 Å². The SMILES string of the molecule is COC(=O)CCCS(C)(=O)=NC(=O)c1c[nH]c(-c2cc(Oc3ccc(CC(=O)Cc4cc(C)ccc4F)cc3)ccn2)c1. The minimum Gasteiger partial charge on any atom is -0.469 e.